The van der Waals surface area contributed by atoms with Gasteiger partial charge in [-0.05, 0) is 48.7 Å². The average molecular weight is 362 g/mol. The summed E-state index contributed by atoms with van der Waals surface area (Å²) in [5.41, 5.74) is 4.01. The van der Waals surface area contributed by atoms with E-state index in [0.29, 0.717) is 18.7 Å². The van der Waals surface area contributed by atoms with Gasteiger partial charge in [-0.15, -0.1) is 0 Å². The van der Waals surface area contributed by atoms with Gasteiger partial charge in [-0.1, -0.05) is 42.0 Å². The van der Waals surface area contributed by atoms with Gasteiger partial charge in [-0.2, -0.15) is 0 Å². The lowest BCUT2D eigenvalue weighted by Crippen LogP contribution is -2.23. The first kappa shape index (κ1) is 18.5. The van der Waals surface area contributed by atoms with Crippen LogP contribution in [0.4, 0.5) is 5.69 Å². The first-order valence-corrected chi connectivity index (χ1v) is 8.86. The summed E-state index contributed by atoms with van der Waals surface area (Å²) in [5, 5.41) is 5.68. The molecule has 0 aliphatic carbocycles. The molecular formula is C22H22N2O3. The second-order valence-corrected chi connectivity index (χ2v) is 6.39. The number of amides is 2. The van der Waals surface area contributed by atoms with Gasteiger partial charge in [-0.25, -0.2) is 0 Å². The number of anilines is 1. The number of rotatable bonds is 7. The summed E-state index contributed by atoms with van der Waals surface area (Å²) >= 11 is 0. The minimum atomic E-state index is -0.294. The highest BCUT2D eigenvalue weighted by Gasteiger charge is 2.08. The Bertz CT molecular complexity index is 882. The Balaban J connectivity index is 1.43. The first-order chi connectivity index (χ1) is 13.1. The summed E-state index contributed by atoms with van der Waals surface area (Å²) in [6.07, 6.45) is 2.64. The van der Waals surface area contributed by atoms with E-state index in [-0.39, 0.29) is 17.6 Å². The highest BCUT2D eigenvalue weighted by molar-refractivity contribution is 6.02. The van der Waals surface area contributed by atoms with Crippen LogP contribution in [-0.2, 0) is 17.8 Å². The summed E-state index contributed by atoms with van der Waals surface area (Å²) in [7, 11) is 0. The van der Waals surface area contributed by atoms with Crippen LogP contribution < -0.4 is 10.6 Å². The highest BCUT2D eigenvalue weighted by Crippen LogP contribution is 2.12. The van der Waals surface area contributed by atoms with Gasteiger partial charge in [0.2, 0.25) is 5.91 Å². The van der Waals surface area contributed by atoms with Crippen LogP contribution in [0.15, 0.2) is 71.3 Å². The van der Waals surface area contributed by atoms with Crippen molar-refractivity contribution < 1.29 is 14.0 Å². The van der Waals surface area contributed by atoms with Crippen molar-refractivity contribution in [2.24, 2.45) is 0 Å². The zero-order valence-electron chi connectivity index (χ0n) is 15.2. The first-order valence-electron chi connectivity index (χ1n) is 8.86. The molecule has 5 heteroatoms. The smallest absolute Gasteiger partial charge is 0.291 e. The molecule has 3 aromatic rings. The monoisotopic (exact) mass is 362 g/mol. The van der Waals surface area contributed by atoms with E-state index in [1.807, 2.05) is 19.1 Å². The Kier molecular flexibility index (Phi) is 6.05. The number of hydrogen-bond acceptors (Lipinski definition) is 3. The molecule has 0 aliphatic rings. The maximum Gasteiger partial charge on any atom is 0.291 e. The van der Waals surface area contributed by atoms with Crippen LogP contribution >= 0.6 is 0 Å². The van der Waals surface area contributed by atoms with E-state index in [4.69, 9.17) is 4.42 Å². The van der Waals surface area contributed by atoms with Crippen molar-refractivity contribution in [3.8, 4) is 0 Å². The predicted molar refractivity (Wildman–Crippen MR) is 104 cm³/mol. The second-order valence-electron chi connectivity index (χ2n) is 6.39. The number of aryl methyl sites for hydroxylation is 2. The van der Waals surface area contributed by atoms with Crippen LogP contribution in [0.5, 0.6) is 0 Å². The number of hydrogen-bond donors (Lipinski definition) is 2. The number of furan rings is 1. The summed E-state index contributed by atoms with van der Waals surface area (Å²) in [6.45, 7) is 2.50. The summed E-state index contributed by atoms with van der Waals surface area (Å²) in [5.74, 6) is -0.0113. The number of carbonyl (C=O) groups is 2. The third-order valence-corrected chi connectivity index (χ3v) is 4.21. The van der Waals surface area contributed by atoms with E-state index in [1.165, 1.54) is 11.8 Å². The van der Waals surface area contributed by atoms with E-state index in [2.05, 4.69) is 34.9 Å². The fourth-order valence-electron chi connectivity index (χ4n) is 2.61. The fraction of sp³-hybridized carbons (Fsp3) is 0.182. The highest BCUT2D eigenvalue weighted by atomic mass is 16.3. The molecule has 0 bridgehead atoms. The van der Waals surface area contributed by atoms with Crippen molar-refractivity contribution in [1.29, 1.82) is 0 Å². The van der Waals surface area contributed by atoms with Crippen molar-refractivity contribution in [2.75, 3.05) is 5.32 Å². The molecule has 0 saturated heterocycles. The molecule has 0 spiro atoms. The van der Waals surface area contributed by atoms with Crippen molar-refractivity contribution in [2.45, 2.75) is 26.3 Å². The summed E-state index contributed by atoms with van der Waals surface area (Å²) in [4.78, 5) is 23.9. The van der Waals surface area contributed by atoms with Crippen molar-refractivity contribution in [3.05, 3.63) is 89.4 Å². The van der Waals surface area contributed by atoms with Gasteiger partial charge >= 0.3 is 0 Å². The zero-order valence-corrected chi connectivity index (χ0v) is 15.2. The molecule has 5 nitrogen and oxygen atoms in total. The maximum atomic E-state index is 12.0. The lowest BCUT2D eigenvalue weighted by atomic mass is 10.1. The Morgan fingerprint density at radius 1 is 0.926 bits per heavy atom. The number of benzene rings is 2. The van der Waals surface area contributed by atoms with Crippen LogP contribution in [0.1, 0.15) is 33.7 Å². The predicted octanol–water partition coefficient (Wildman–Crippen LogP) is 4.09. The molecule has 1 heterocycles. The molecule has 3 rings (SSSR count). The van der Waals surface area contributed by atoms with Gasteiger partial charge in [0, 0.05) is 18.7 Å². The van der Waals surface area contributed by atoms with Crippen molar-refractivity contribution in [3.63, 3.8) is 0 Å². The molecule has 0 unspecified atom stereocenters. The zero-order chi connectivity index (χ0) is 19.1. The normalized spacial score (nSPS) is 10.4. The van der Waals surface area contributed by atoms with Crippen molar-refractivity contribution in [1.82, 2.24) is 5.32 Å². The topological polar surface area (TPSA) is 71.3 Å². The third-order valence-electron chi connectivity index (χ3n) is 4.21. The molecule has 0 saturated carbocycles. The minimum absolute atomic E-state index is 0.0192. The van der Waals surface area contributed by atoms with E-state index >= 15 is 0 Å². The van der Waals surface area contributed by atoms with Crippen LogP contribution in [0, 0.1) is 6.92 Å². The van der Waals surface area contributed by atoms with E-state index < -0.39 is 0 Å². The Morgan fingerprint density at radius 3 is 2.30 bits per heavy atom. The molecular weight excluding hydrogens is 340 g/mol. The summed E-state index contributed by atoms with van der Waals surface area (Å²) in [6, 6.07) is 18.8. The molecule has 0 aliphatic heterocycles. The molecule has 2 N–H and O–H groups in total. The maximum absolute atomic E-state index is 12.0. The number of nitrogens with one attached hydrogen (secondary N) is 2. The quantitative estimate of drug-likeness (QED) is 0.665. The SMILES string of the molecule is Cc1ccc(CCC(=O)NCc2ccc(NC(=O)c3ccco3)cc2)cc1. The Hall–Kier alpha value is -3.34. The average Bonchev–Trinajstić information content (AvgIpc) is 3.22. The largest absolute Gasteiger partial charge is 0.459 e. The van der Waals surface area contributed by atoms with Gasteiger partial charge in [0.25, 0.3) is 5.91 Å². The van der Waals surface area contributed by atoms with Crippen LogP contribution in [0.3, 0.4) is 0 Å². The van der Waals surface area contributed by atoms with Crippen LogP contribution in [-0.4, -0.2) is 11.8 Å². The molecule has 0 fully saturated rings. The fourth-order valence-corrected chi connectivity index (χ4v) is 2.61. The van der Waals surface area contributed by atoms with Gasteiger partial charge in [0.05, 0.1) is 6.26 Å². The Labute approximate surface area is 158 Å². The standard InChI is InChI=1S/C22H22N2O3/c1-16-4-6-17(7-5-16)10-13-21(25)23-15-18-8-11-19(12-9-18)24-22(26)20-3-2-14-27-20/h2-9,11-12,14H,10,13,15H2,1H3,(H,23,25)(H,24,26). The van der Waals surface area contributed by atoms with Gasteiger partial charge < -0.3 is 15.1 Å². The molecule has 27 heavy (non-hydrogen) atoms. The molecule has 138 valence electrons. The summed E-state index contributed by atoms with van der Waals surface area (Å²) < 4.78 is 5.06. The molecule has 0 radical (unpaired) electrons. The molecule has 1 aromatic heterocycles. The lowest BCUT2D eigenvalue weighted by molar-refractivity contribution is -0.121. The Morgan fingerprint density at radius 2 is 1.63 bits per heavy atom. The van der Waals surface area contributed by atoms with E-state index in [9.17, 15) is 9.59 Å². The lowest BCUT2D eigenvalue weighted by Gasteiger charge is -2.08. The van der Waals surface area contributed by atoms with Crippen molar-refractivity contribution >= 4 is 17.5 Å². The van der Waals surface area contributed by atoms with Gasteiger partial charge in [-0.3, -0.25) is 9.59 Å². The van der Waals surface area contributed by atoms with Crippen LogP contribution in [0.2, 0.25) is 0 Å². The molecule has 0 atom stereocenters. The third kappa shape index (κ3) is 5.57. The van der Waals surface area contributed by atoms with Crippen LogP contribution in [0.25, 0.3) is 0 Å². The molecule has 2 amide bonds. The number of carbonyl (C=O) groups excluding carboxylic acids is 2. The second kappa shape index (κ2) is 8.85. The van der Waals surface area contributed by atoms with Gasteiger partial charge in [0.1, 0.15) is 0 Å². The van der Waals surface area contributed by atoms with Gasteiger partial charge in [0.15, 0.2) is 5.76 Å². The van der Waals surface area contributed by atoms with E-state index in [0.717, 1.165) is 17.5 Å². The van der Waals surface area contributed by atoms with E-state index in [1.54, 1.807) is 24.3 Å². The molecule has 2 aromatic carbocycles. The minimum Gasteiger partial charge on any atom is -0.459 e.